The van der Waals surface area contributed by atoms with E-state index in [4.69, 9.17) is 23.2 Å². The highest BCUT2D eigenvalue weighted by molar-refractivity contribution is 6.32. The number of aryl methyl sites for hydroxylation is 2. The molecule has 1 aromatic carbocycles. The summed E-state index contributed by atoms with van der Waals surface area (Å²) in [6, 6.07) is 3.72. The van der Waals surface area contributed by atoms with E-state index in [1.807, 2.05) is 26.0 Å². The molecule has 0 aliphatic heterocycles. The van der Waals surface area contributed by atoms with E-state index >= 15 is 0 Å². The number of rotatable bonds is 5. The van der Waals surface area contributed by atoms with Gasteiger partial charge in [0, 0.05) is 22.9 Å². The molecule has 0 bridgehead atoms. The van der Waals surface area contributed by atoms with Gasteiger partial charge in [0.05, 0.1) is 0 Å². The van der Waals surface area contributed by atoms with E-state index in [2.05, 4.69) is 0 Å². The molecule has 0 radical (unpaired) electrons. The predicted molar refractivity (Wildman–Crippen MR) is 69.8 cm³/mol. The Labute approximate surface area is 107 Å². The summed E-state index contributed by atoms with van der Waals surface area (Å²) >= 11 is 11.6. The zero-order chi connectivity index (χ0) is 12.1. The predicted octanol–water partition coefficient (Wildman–Crippen LogP) is 4.55. The van der Waals surface area contributed by atoms with Crippen LogP contribution < -0.4 is 0 Å². The van der Waals surface area contributed by atoms with E-state index in [1.54, 1.807) is 0 Å². The molecule has 0 saturated heterocycles. The molecule has 1 nitrogen and oxygen atoms in total. The molecular formula is C13H16Cl2O. The topological polar surface area (TPSA) is 17.1 Å². The molecule has 0 aliphatic rings. The third-order valence-electron chi connectivity index (χ3n) is 2.55. The number of carbonyl (C=O) groups excluding carboxylic acids is 1. The summed E-state index contributed by atoms with van der Waals surface area (Å²) in [5, 5.41) is 0.748. The molecular weight excluding hydrogens is 243 g/mol. The Morgan fingerprint density at radius 1 is 1.19 bits per heavy atom. The first kappa shape index (κ1) is 13.5. The molecule has 1 rings (SSSR count). The van der Waals surface area contributed by atoms with Crippen LogP contribution in [-0.2, 0) is 0 Å². The van der Waals surface area contributed by atoms with Crippen molar-refractivity contribution in [1.29, 1.82) is 0 Å². The van der Waals surface area contributed by atoms with Crippen LogP contribution in [0.3, 0.4) is 0 Å². The quantitative estimate of drug-likeness (QED) is 0.430. The van der Waals surface area contributed by atoms with E-state index in [0.29, 0.717) is 12.3 Å². The van der Waals surface area contributed by atoms with Crippen LogP contribution in [0.15, 0.2) is 12.1 Å². The van der Waals surface area contributed by atoms with Crippen LogP contribution in [0.1, 0.15) is 40.7 Å². The molecule has 0 unspecified atom stereocenters. The molecule has 0 aromatic heterocycles. The highest BCUT2D eigenvalue weighted by atomic mass is 35.5. The highest BCUT2D eigenvalue weighted by Crippen LogP contribution is 2.22. The largest absolute Gasteiger partial charge is 0.294 e. The van der Waals surface area contributed by atoms with Gasteiger partial charge in [-0.25, -0.2) is 0 Å². The van der Waals surface area contributed by atoms with Crippen molar-refractivity contribution in [2.24, 2.45) is 0 Å². The van der Waals surface area contributed by atoms with Crippen molar-refractivity contribution in [3.63, 3.8) is 0 Å². The number of carbonyl (C=O) groups is 1. The monoisotopic (exact) mass is 258 g/mol. The number of alkyl halides is 1. The lowest BCUT2D eigenvalue weighted by Crippen LogP contribution is -2.01. The molecule has 0 heterocycles. The van der Waals surface area contributed by atoms with Crippen molar-refractivity contribution in [2.45, 2.75) is 33.1 Å². The summed E-state index contributed by atoms with van der Waals surface area (Å²) in [4.78, 5) is 11.8. The van der Waals surface area contributed by atoms with Crippen LogP contribution in [0.5, 0.6) is 0 Å². The third-order valence-corrected chi connectivity index (χ3v) is 3.41. The number of halogens is 2. The van der Waals surface area contributed by atoms with Gasteiger partial charge >= 0.3 is 0 Å². The summed E-state index contributed by atoms with van der Waals surface area (Å²) in [5.41, 5.74) is 2.68. The highest BCUT2D eigenvalue weighted by Gasteiger charge is 2.09. The zero-order valence-corrected chi connectivity index (χ0v) is 11.2. The van der Waals surface area contributed by atoms with Crippen LogP contribution in [-0.4, -0.2) is 11.7 Å². The summed E-state index contributed by atoms with van der Waals surface area (Å²) in [5.74, 6) is 0.791. The molecule has 88 valence electrons. The van der Waals surface area contributed by atoms with Gasteiger partial charge < -0.3 is 0 Å². The van der Waals surface area contributed by atoms with Gasteiger partial charge in [-0.3, -0.25) is 4.79 Å². The second kappa shape index (κ2) is 6.27. The third kappa shape index (κ3) is 3.50. The van der Waals surface area contributed by atoms with Crippen molar-refractivity contribution in [2.75, 3.05) is 5.88 Å². The first-order valence-electron chi connectivity index (χ1n) is 5.42. The van der Waals surface area contributed by atoms with Gasteiger partial charge in [0.1, 0.15) is 0 Å². The van der Waals surface area contributed by atoms with Crippen molar-refractivity contribution in [3.8, 4) is 0 Å². The maximum absolute atomic E-state index is 11.8. The maximum Gasteiger partial charge on any atom is 0.162 e. The Morgan fingerprint density at radius 3 is 2.25 bits per heavy atom. The van der Waals surface area contributed by atoms with E-state index in [9.17, 15) is 4.79 Å². The van der Waals surface area contributed by atoms with Gasteiger partial charge in [-0.1, -0.05) is 11.6 Å². The normalized spacial score (nSPS) is 10.5. The molecule has 0 amide bonds. The number of Topliss-reactive ketones (excluding diaryl/α,β-unsaturated/α-hetero) is 1. The van der Waals surface area contributed by atoms with Crippen LogP contribution >= 0.6 is 23.2 Å². The van der Waals surface area contributed by atoms with E-state index in [-0.39, 0.29) is 5.78 Å². The first-order valence-corrected chi connectivity index (χ1v) is 6.33. The van der Waals surface area contributed by atoms with Crippen LogP contribution in [0.2, 0.25) is 5.02 Å². The Hall–Kier alpha value is -0.530. The number of benzene rings is 1. The minimum atomic E-state index is 0.174. The fraction of sp³-hybridized carbons (Fsp3) is 0.462. The average Bonchev–Trinajstić information content (AvgIpc) is 2.25. The number of ketones is 1. The average molecular weight is 259 g/mol. The fourth-order valence-electron chi connectivity index (χ4n) is 1.63. The minimum absolute atomic E-state index is 0.174. The number of hydrogen-bond donors (Lipinski definition) is 0. The van der Waals surface area contributed by atoms with Gasteiger partial charge in [0.15, 0.2) is 5.78 Å². The van der Waals surface area contributed by atoms with Gasteiger partial charge in [0.2, 0.25) is 0 Å². The second-order valence-corrected chi connectivity index (χ2v) is 4.75. The van der Waals surface area contributed by atoms with Crippen LogP contribution in [0.25, 0.3) is 0 Å². The van der Waals surface area contributed by atoms with Crippen molar-refractivity contribution in [1.82, 2.24) is 0 Å². The molecule has 3 heteroatoms. The Balaban J connectivity index is 2.76. The number of unbranched alkanes of at least 4 members (excludes halogenated alkanes) is 1. The van der Waals surface area contributed by atoms with Crippen molar-refractivity contribution < 1.29 is 4.79 Å². The Kier molecular flexibility index (Phi) is 5.30. The van der Waals surface area contributed by atoms with E-state index in [0.717, 1.165) is 34.6 Å². The summed E-state index contributed by atoms with van der Waals surface area (Å²) in [6.45, 7) is 3.84. The molecule has 16 heavy (non-hydrogen) atoms. The zero-order valence-electron chi connectivity index (χ0n) is 9.65. The van der Waals surface area contributed by atoms with Gasteiger partial charge in [-0.2, -0.15) is 0 Å². The lowest BCUT2D eigenvalue weighted by Gasteiger charge is -2.06. The smallest absolute Gasteiger partial charge is 0.162 e. The second-order valence-electron chi connectivity index (χ2n) is 3.99. The molecule has 0 atom stereocenters. The van der Waals surface area contributed by atoms with Gasteiger partial charge in [-0.05, 0) is 49.9 Å². The molecule has 0 fully saturated rings. The molecule has 0 spiro atoms. The van der Waals surface area contributed by atoms with Crippen molar-refractivity contribution >= 4 is 29.0 Å². The fourth-order valence-corrected chi connectivity index (χ4v) is 1.93. The maximum atomic E-state index is 11.8. The van der Waals surface area contributed by atoms with Crippen molar-refractivity contribution in [3.05, 3.63) is 33.8 Å². The Bertz CT molecular complexity index is 363. The molecule has 0 saturated carbocycles. The first-order chi connectivity index (χ1) is 7.56. The lowest BCUT2D eigenvalue weighted by molar-refractivity contribution is 0.0979. The van der Waals surface area contributed by atoms with Gasteiger partial charge in [0.25, 0.3) is 0 Å². The lowest BCUT2D eigenvalue weighted by atomic mass is 10.0. The molecule has 0 N–H and O–H groups in total. The Morgan fingerprint density at radius 2 is 1.75 bits per heavy atom. The SMILES string of the molecule is Cc1cc(C(=O)CCCCCl)cc(C)c1Cl. The summed E-state index contributed by atoms with van der Waals surface area (Å²) < 4.78 is 0. The van der Waals surface area contributed by atoms with E-state index < -0.39 is 0 Å². The van der Waals surface area contributed by atoms with Crippen LogP contribution in [0.4, 0.5) is 0 Å². The standard InChI is InChI=1S/C13H16Cl2O/c1-9-7-11(8-10(2)13(9)15)12(16)5-3-4-6-14/h7-8H,3-6H2,1-2H3. The summed E-state index contributed by atoms with van der Waals surface area (Å²) in [7, 11) is 0. The molecule has 0 aliphatic carbocycles. The van der Waals surface area contributed by atoms with Gasteiger partial charge in [-0.15, -0.1) is 11.6 Å². The van der Waals surface area contributed by atoms with E-state index in [1.165, 1.54) is 0 Å². The van der Waals surface area contributed by atoms with Crippen LogP contribution in [0, 0.1) is 13.8 Å². The number of hydrogen-bond acceptors (Lipinski definition) is 1. The molecule has 1 aromatic rings. The summed E-state index contributed by atoms with van der Waals surface area (Å²) in [6.07, 6.45) is 2.30. The minimum Gasteiger partial charge on any atom is -0.294 e.